The van der Waals surface area contributed by atoms with Crippen molar-refractivity contribution in [3.8, 4) is 11.5 Å². The predicted octanol–water partition coefficient (Wildman–Crippen LogP) is 5.35. The SMILES string of the molecule is CCOc1cc(C2c3c(oc4ccc(F)cc4c3=O)C(=O)N2c2ccc(CC)cc2)ccc1O. The summed E-state index contributed by atoms with van der Waals surface area (Å²) in [5, 5.41) is 10.3. The van der Waals surface area contributed by atoms with Crippen LogP contribution < -0.4 is 15.1 Å². The molecule has 7 heteroatoms. The first kappa shape index (κ1) is 21.7. The molecule has 1 amide bonds. The zero-order valence-corrected chi connectivity index (χ0v) is 18.7. The van der Waals surface area contributed by atoms with Crippen molar-refractivity contribution in [3.05, 3.63) is 99.2 Å². The number of aryl methyl sites for hydroxylation is 1. The van der Waals surface area contributed by atoms with Gasteiger partial charge in [-0.05, 0) is 66.9 Å². The highest BCUT2D eigenvalue weighted by molar-refractivity contribution is 6.10. The van der Waals surface area contributed by atoms with E-state index in [1.807, 2.05) is 31.2 Å². The maximum Gasteiger partial charge on any atom is 0.295 e. The molecule has 6 nitrogen and oxygen atoms in total. The normalized spacial score (nSPS) is 15.1. The molecule has 3 aromatic carbocycles. The molecule has 1 aliphatic heterocycles. The Morgan fingerprint density at radius 2 is 1.79 bits per heavy atom. The standard InChI is InChI=1S/C27H22FNO5/c1-3-15-5-9-18(10-6-15)29-24(16-7-11-20(30)22(13-16)33-4-2)23-25(31)19-14-17(28)8-12-21(19)34-26(23)27(29)32/h5-14,24,30H,3-4H2,1-2H3. The number of ether oxygens (including phenoxy) is 1. The summed E-state index contributed by atoms with van der Waals surface area (Å²) in [6.07, 6.45) is 0.838. The van der Waals surface area contributed by atoms with Crippen molar-refractivity contribution in [1.29, 1.82) is 0 Å². The van der Waals surface area contributed by atoms with Crippen LogP contribution in [0.25, 0.3) is 11.0 Å². The van der Waals surface area contributed by atoms with E-state index >= 15 is 0 Å². The minimum absolute atomic E-state index is 0.0541. The Balaban J connectivity index is 1.78. The lowest BCUT2D eigenvalue weighted by atomic mass is 9.97. The molecule has 1 unspecified atom stereocenters. The lowest BCUT2D eigenvalue weighted by Gasteiger charge is -2.26. The molecule has 1 aliphatic rings. The number of fused-ring (bicyclic) bond motifs is 2. The molecule has 0 aliphatic carbocycles. The van der Waals surface area contributed by atoms with Gasteiger partial charge >= 0.3 is 0 Å². The summed E-state index contributed by atoms with van der Waals surface area (Å²) in [6.45, 7) is 4.15. The van der Waals surface area contributed by atoms with Gasteiger partial charge in [0.1, 0.15) is 11.4 Å². The lowest BCUT2D eigenvalue weighted by Crippen LogP contribution is -2.29. The van der Waals surface area contributed by atoms with E-state index in [1.165, 1.54) is 23.1 Å². The Bertz CT molecular complexity index is 1480. The third-order valence-electron chi connectivity index (χ3n) is 6.05. The number of amides is 1. The summed E-state index contributed by atoms with van der Waals surface area (Å²) < 4.78 is 25.4. The zero-order valence-electron chi connectivity index (χ0n) is 18.7. The van der Waals surface area contributed by atoms with E-state index < -0.39 is 23.2 Å². The lowest BCUT2D eigenvalue weighted by molar-refractivity contribution is 0.0971. The number of carbonyl (C=O) groups excluding carboxylic acids is 1. The summed E-state index contributed by atoms with van der Waals surface area (Å²) in [7, 11) is 0. The fraction of sp³-hybridized carbons (Fsp3) is 0.185. The molecule has 0 bridgehead atoms. The molecule has 1 atom stereocenters. The van der Waals surface area contributed by atoms with Gasteiger partial charge in [-0.3, -0.25) is 14.5 Å². The Hall–Kier alpha value is -4.13. The number of carbonyl (C=O) groups is 1. The van der Waals surface area contributed by atoms with Gasteiger partial charge in [0.2, 0.25) is 5.76 Å². The number of halogens is 1. The van der Waals surface area contributed by atoms with Gasteiger partial charge in [-0.15, -0.1) is 0 Å². The van der Waals surface area contributed by atoms with Crippen LogP contribution in [0.15, 0.2) is 69.9 Å². The summed E-state index contributed by atoms with van der Waals surface area (Å²) in [5.41, 5.74) is 2.02. The van der Waals surface area contributed by atoms with Crippen LogP contribution in [-0.2, 0) is 6.42 Å². The number of phenols is 1. The molecule has 1 N–H and O–H groups in total. The van der Waals surface area contributed by atoms with Crippen molar-refractivity contribution in [3.63, 3.8) is 0 Å². The summed E-state index contributed by atoms with van der Waals surface area (Å²) in [4.78, 5) is 28.7. The molecule has 1 aromatic heterocycles. The number of aromatic hydroxyl groups is 1. The molecular formula is C27H22FNO5. The third kappa shape index (κ3) is 3.41. The molecule has 2 heterocycles. The van der Waals surface area contributed by atoms with Crippen molar-refractivity contribution in [2.75, 3.05) is 11.5 Å². The topological polar surface area (TPSA) is 80.0 Å². The van der Waals surface area contributed by atoms with Crippen LogP contribution >= 0.6 is 0 Å². The van der Waals surface area contributed by atoms with Gasteiger partial charge in [-0.2, -0.15) is 0 Å². The quantitative estimate of drug-likeness (QED) is 0.435. The molecule has 0 spiro atoms. The van der Waals surface area contributed by atoms with Gasteiger partial charge in [0.25, 0.3) is 5.91 Å². The van der Waals surface area contributed by atoms with E-state index in [0.717, 1.165) is 18.1 Å². The molecule has 0 saturated heterocycles. The second-order valence-corrected chi connectivity index (χ2v) is 8.07. The molecule has 172 valence electrons. The van der Waals surface area contributed by atoms with Crippen LogP contribution in [0.5, 0.6) is 11.5 Å². The van der Waals surface area contributed by atoms with Crippen molar-refractivity contribution in [1.82, 2.24) is 0 Å². The molecule has 0 fully saturated rings. The average Bonchev–Trinajstić information content (AvgIpc) is 3.13. The van der Waals surface area contributed by atoms with E-state index in [2.05, 4.69) is 0 Å². The second-order valence-electron chi connectivity index (χ2n) is 8.07. The first-order valence-corrected chi connectivity index (χ1v) is 11.1. The third-order valence-corrected chi connectivity index (χ3v) is 6.05. The minimum Gasteiger partial charge on any atom is -0.504 e. The van der Waals surface area contributed by atoms with E-state index in [4.69, 9.17) is 9.15 Å². The fourth-order valence-corrected chi connectivity index (χ4v) is 4.39. The van der Waals surface area contributed by atoms with E-state index in [0.29, 0.717) is 17.9 Å². The van der Waals surface area contributed by atoms with Crippen molar-refractivity contribution >= 4 is 22.6 Å². The van der Waals surface area contributed by atoms with Crippen molar-refractivity contribution < 1.29 is 23.4 Å². The highest BCUT2D eigenvalue weighted by Gasteiger charge is 2.44. The number of anilines is 1. The predicted molar refractivity (Wildman–Crippen MR) is 126 cm³/mol. The molecule has 5 rings (SSSR count). The maximum absolute atomic E-state index is 14.0. The first-order chi connectivity index (χ1) is 16.4. The Morgan fingerprint density at radius 1 is 1.03 bits per heavy atom. The van der Waals surface area contributed by atoms with Gasteiger partial charge in [0.05, 0.1) is 23.6 Å². The van der Waals surface area contributed by atoms with E-state index in [9.17, 15) is 19.1 Å². The van der Waals surface area contributed by atoms with Gasteiger partial charge in [0, 0.05) is 5.69 Å². The van der Waals surface area contributed by atoms with Crippen LogP contribution in [0.2, 0.25) is 0 Å². The number of benzene rings is 3. The van der Waals surface area contributed by atoms with Gasteiger partial charge in [-0.25, -0.2) is 4.39 Å². The molecule has 34 heavy (non-hydrogen) atoms. The monoisotopic (exact) mass is 459 g/mol. The van der Waals surface area contributed by atoms with E-state index in [-0.39, 0.29) is 33.8 Å². The molecule has 0 radical (unpaired) electrons. The number of hydrogen-bond donors (Lipinski definition) is 1. The Morgan fingerprint density at radius 3 is 2.50 bits per heavy atom. The first-order valence-electron chi connectivity index (χ1n) is 11.1. The van der Waals surface area contributed by atoms with Crippen LogP contribution in [0.3, 0.4) is 0 Å². The summed E-state index contributed by atoms with van der Waals surface area (Å²) >= 11 is 0. The fourth-order valence-electron chi connectivity index (χ4n) is 4.39. The second kappa shape index (κ2) is 8.33. The highest BCUT2D eigenvalue weighted by Crippen LogP contribution is 2.43. The molecular weight excluding hydrogens is 437 g/mol. The number of hydrogen-bond acceptors (Lipinski definition) is 5. The average molecular weight is 459 g/mol. The molecule has 0 saturated carbocycles. The minimum atomic E-state index is -0.848. The smallest absolute Gasteiger partial charge is 0.295 e. The number of nitrogens with zero attached hydrogens (tertiary/aromatic N) is 1. The van der Waals surface area contributed by atoms with Crippen LogP contribution in [-0.4, -0.2) is 17.6 Å². The summed E-state index contributed by atoms with van der Waals surface area (Å²) in [6, 6.07) is 15.0. The van der Waals surface area contributed by atoms with Gasteiger partial charge in [0.15, 0.2) is 16.9 Å². The van der Waals surface area contributed by atoms with Gasteiger partial charge < -0.3 is 14.3 Å². The number of phenolic OH excluding ortho intramolecular Hbond substituents is 1. The van der Waals surface area contributed by atoms with Gasteiger partial charge in [-0.1, -0.05) is 25.1 Å². The van der Waals surface area contributed by atoms with Crippen LogP contribution in [0.1, 0.15) is 47.1 Å². The van der Waals surface area contributed by atoms with Crippen molar-refractivity contribution in [2.45, 2.75) is 26.3 Å². The maximum atomic E-state index is 14.0. The summed E-state index contributed by atoms with van der Waals surface area (Å²) in [5.74, 6) is -0.950. The largest absolute Gasteiger partial charge is 0.504 e. The highest BCUT2D eigenvalue weighted by atomic mass is 19.1. The Kier molecular flexibility index (Phi) is 5.32. The van der Waals surface area contributed by atoms with Crippen LogP contribution in [0, 0.1) is 5.82 Å². The number of rotatable bonds is 5. The molecule has 4 aromatic rings. The van der Waals surface area contributed by atoms with Crippen LogP contribution in [0.4, 0.5) is 10.1 Å². The Labute approximate surface area is 194 Å². The van der Waals surface area contributed by atoms with E-state index in [1.54, 1.807) is 19.1 Å². The zero-order chi connectivity index (χ0) is 24.0. The van der Waals surface area contributed by atoms with Crippen molar-refractivity contribution in [2.24, 2.45) is 0 Å².